The fraction of sp³-hybridized carbons (Fsp3) is 0.440. The van der Waals surface area contributed by atoms with Crippen LogP contribution in [0.4, 0.5) is 10.1 Å². The molecule has 3 atom stereocenters. The van der Waals surface area contributed by atoms with E-state index >= 15 is 4.39 Å². The van der Waals surface area contributed by atoms with Crippen molar-refractivity contribution in [3.05, 3.63) is 65.5 Å². The van der Waals surface area contributed by atoms with Gasteiger partial charge in [0.1, 0.15) is 17.1 Å². The van der Waals surface area contributed by atoms with Crippen molar-refractivity contribution < 1.29 is 22.4 Å². The number of carbonyl (C=O) groups is 2. The van der Waals surface area contributed by atoms with Crippen LogP contribution < -0.4 is 10.2 Å². The Bertz CT molecular complexity index is 1240. The van der Waals surface area contributed by atoms with Gasteiger partial charge in [-0.3, -0.25) is 9.59 Å². The summed E-state index contributed by atoms with van der Waals surface area (Å²) in [6, 6.07) is 13.1. The second kappa shape index (κ2) is 9.23. The number of fused-ring (bicyclic) bond motifs is 1. The minimum absolute atomic E-state index is 0.0155. The molecular formula is C25H29FN4O4S. The molecule has 0 aliphatic carbocycles. The Hall–Kier alpha value is -2.98. The summed E-state index contributed by atoms with van der Waals surface area (Å²) in [4.78, 5) is 27.8. The van der Waals surface area contributed by atoms with E-state index in [1.165, 1.54) is 10.4 Å². The predicted octanol–water partition coefficient (Wildman–Crippen LogP) is 2.03. The standard InChI is InChI=1S/C25H29FN4O4S/c1-17-7-10-23(18-5-3-2-4-6-18)35(33,34)30(17)15-19-8-9-20(13-21(19)26)28-11-12-29-22(16-28)25(32)27-14-24(29)31/h2-6,8-9,13,17,22-23H,7,10-12,14-16H2,1H3,(H,27,32)/t17-,22?,23?/m0/s1. The molecule has 2 amide bonds. The van der Waals surface area contributed by atoms with E-state index in [9.17, 15) is 18.0 Å². The van der Waals surface area contributed by atoms with Gasteiger partial charge in [-0.05, 0) is 37.5 Å². The number of anilines is 1. The van der Waals surface area contributed by atoms with E-state index in [4.69, 9.17) is 0 Å². The van der Waals surface area contributed by atoms with Crippen LogP contribution in [0.5, 0.6) is 0 Å². The molecule has 186 valence electrons. The minimum atomic E-state index is -3.66. The van der Waals surface area contributed by atoms with Gasteiger partial charge in [-0.2, -0.15) is 4.31 Å². The Kier molecular flexibility index (Phi) is 6.27. The number of nitrogens with zero attached hydrogens (tertiary/aromatic N) is 3. The van der Waals surface area contributed by atoms with E-state index in [2.05, 4.69) is 5.32 Å². The number of rotatable bonds is 4. The first kappa shape index (κ1) is 23.7. The second-order valence-corrected chi connectivity index (χ2v) is 11.5. The summed E-state index contributed by atoms with van der Waals surface area (Å²) in [5.74, 6) is -0.802. The number of nitrogens with one attached hydrogen (secondary N) is 1. The number of halogens is 1. The van der Waals surface area contributed by atoms with Crippen LogP contribution in [0.2, 0.25) is 0 Å². The molecule has 0 bridgehead atoms. The molecule has 10 heteroatoms. The Labute approximate surface area is 204 Å². The van der Waals surface area contributed by atoms with Gasteiger partial charge >= 0.3 is 0 Å². The third kappa shape index (κ3) is 4.40. The van der Waals surface area contributed by atoms with Crippen molar-refractivity contribution in [2.75, 3.05) is 31.1 Å². The lowest BCUT2D eigenvalue weighted by atomic mass is 10.0. The SMILES string of the molecule is C[C@H]1CCC(c2ccccc2)S(=O)(=O)N1Cc1ccc(N2CCN3C(=O)CNC(=O)C3C2)cc1F. The smallest absolute Gasteiger partial charge is 0.245 e. The molecule has 5 rings (SSSR count). The fourth-order valence-electron chi connectivity index (χ4n) is 5.30. The van der Waals surface area contributed by atoms with E-state index in [0.717, 1.165) is 5.56 Å². The number of amides is 2. The maximum absolute atomic E-state index is 15.2. The maximum atomic E-state index is 15.2. The van der Waals surface area contributed by atoms with Gasteiger partial charge in [0.2, 0.25) is 21.8 Å². The molecule has 3 aliphatic rings. The third-order valence-corrected chi connectivity index (χ3v) is 9.71. The van der Waals surface area contributed by atoms with Crippen LogP contribution in [0.3, 0.4) is 0 Å². The Morgan fingerprint density at radius 3 is 2.57 bits per heavy atom. The summed E-state index contributed by atoms with van der Waals surface area (Å²) in [5, 5.41) is 1.97. The van der Waals surface area contributed by atoms with Crippen LogP contribution in [-0.2, 0) is 26.2 Å². The quantitative estimate of drug-likeness (QED) is 0.694. The molecule has 1 N–H and O–H groups in total. The zero-order valence-corrected chi connectivity index (χ0v) is 20.4. The molecule has 3 saturated heterocycles. The lowest BCUT2D eigenvalue weighted by Crippen LogP contribution is -2.66. The van der Waals surface area contributed by atoms with E-state index in [0.29, 0.717) is 37.2 Å². The van der Waals surface area contributed by atoms with Crippen molar-refractivity contribution in [3.8, 4) is 0 Å². The van der Waals surface area contributed by atoms with Crippen LogP contribution in [0.1, 0.15) is 36.1 Å². The molecule has 0 saturated carbocycles. The molecule has 0 radical (unpaired) electrons. The summed E-state index contributed by atoms with van der Waals surface area (Å²) >= 11 is 0. The van der Waals surface area contributed by atoms with Crippen molar-refractivity contribution in [3.63, 3.8) is 0 Å². The molecule has 2 aromatic carbocycles. The minimum Gasteiger partial charge on any atom is -0.367 e. The molecule has 2 aromatic rings. The normalized spacial score (nSPS) is 26.9. The molecule has 3 heterocycles. The Morgan fingerprint density at radius 1 is 1.06 bits per heavy atom. The highest BCUT2D eigenvalue weighted by atomic mass is 32.2. The third-order valence-electron chi connectivity index (χ3n) is 7.34. The number of carbonyl (C=O) groups excluding carboxylic acids is 2. The molecule has 3 aliphatic heterocycles. The average molecular weight is 501 g/mol. The van der Waals surface area contributed by atoms with Gasteiger partial charge in [0, 0.05) is 43.5 Å². The van der Waals surface area contributed by atoms with Crippen molar-refractivity contribution in [2.24, 2.45) is 0 Å². The number of piperazine rings is 2. The zero-order valence-electron chi connectivity index (χ0n) is 19.6. The number of hydrogen-bond acceptors (Lipinski definition) is 5. The molecule has 0 aromatic heterocycles. The first-order chi connectivity index (χ1) is 16.8. The monoisotopic (exact) mass is 500 g/mol. The largest absolute Gasteiger partial charge is 0.367 e. The van der Waals surface area contributed by atoms with Crippen LogP contribution in [0.15, 0.2) is 48.5 Å². The highest BCUT2D eigenvalue weighted by molar-refractivity contribution is 7.89. The highest BCUT2D eigenvalue weighted by Crippen LogP contribution is 2.38. The van der Waals surface area contributed by atoms with Gasteiger partial charge in [0.15, 0.2) is 0 Å². The Morgan fingerprint density at radius 2 is 1.83 bits per heavy atom. The van der Waals surface area contributed by atoms with E-state index in [-0.39, 0.29) is 37.5 Å². The molecule has 3 fully saturated rings. The zero-order chi connectivity index (χ0) is 24.7. The summed E-state index contributed by atoms with van der Waals surface area (Å²) < 4.78 is 43.6. The van der Waals surface area contributed by atoms with Crippen molar-refractivity contribution in [1.29, 1.82) is 0 Å². The predicted molar refractivity (Wildman–Crippen MR) is 129 cm³/mol. The van der Waals surface area contributed by atoms with E-state index in [1.54, 1.807) is 17.0 Å². The summed E-state index contributed by atoms with van der Waals surface area (Å²) in [7, 11) is -3.66. The summed E-state index contributed by atoms with van der Waals surface area (Å²) in [5.41, 5.74) is 1.67. The summed E-state index contributed by atoms with van der Waals surface area (Å²) in [6.07, 6.45) is 1.24. The van der Waals surface area contributed by atoms with Crippen LogP contribution in [0.25, 0.3) is 0 Å². The van der Waals surface area contributed by atoms with Crippen molar-refractivity contribution >= 4 is 27.5 Å². The number of benzene rings is 2. The number of sulfonamides is 1. The molecular weight excluding hydrogens is 471 g/mol. The van der Waals surface area contributed by atoms with Crippen molar-refractivity contribution in [1.82, 2.24) is 14.5 Å². The van der Waals surface area contributed by atoms with Crippen LogP contribution in [0, 0.1) is 5.82 Å². The first-order valence-corrected chi connectivity index (χ1v) is 13.4. The van der Waals surface area contributed by atoms with Gasteiger partial charge in [-0.15, -0.1) is 0 Å². The average Bonchev–Trinajstić information content (AvgIpc) is 2.85. The van der Waals surface area contributed by atoms with E-state index in [1.807, 2.05) is 42.2 Å². The molecule has 0 spiro atoms. The second-order valence-electron chi connectivity index (χ2n) is 9.46. The molecule has 35 heavy (non-hydrogen) atoms. The van der Waals surface area contributed by atoms with Gasteiger partial charge in [-0.25, -0.2) is 12.8 Å². The lowest BCUT2D eigenvalue weighted by molar-refractivity contribution is -0.145. The first-order valence-electron chi connectivity index (χ1n) is 11.9. The van der Waals surface area contributed by atoms with Gasteiger partial charge in [0.25, 0.3) is 0 Å². The van der Waals surface area contributed by atoms with Crippen molar-refractivity contribution in [2.45, 2.75) is 43.6 Å². The topological polar surface area (TPSA) is 90.0 Å². The van der Waals surface area contributed by atoms with Gasteiger partial charge in [0.05, 0.1) is 6.54 Å². The van der Waals surface area contributed by atoms with Crippen LogP contribution >= 0.6 is 0 Å². The highest BCUT2D eigenvalue weighted by Gasteiger charge is 2.41. The number of hydrogen-bond donors (Lipinski definition) is 1. The summed E-state index contributed by atoms with van der Waals surface area (Å²) in [6.45, 7) is 3.01. The van der Waals surface area contributed by atoms with Crippen LogP contribution in [-0.4, -0.2) is 67.7 Å². The molecule has 8 nitrogen and oxygen atoms in total. The van der Waals surface area contributed by atoms with E-state index < -0.39 is 27.1 Å². The van der Waals surface area contributed by atoms with Gasteiger partial charge in [-0.1, -0.05) is 36.4 Å². The lowest BCUT2D eigenvalue weighted by Gasteiger charge is -2.43. The Balaban J connectivity index is 1.34. The fourth-order valence-corrected chi connectivity index (χ4v) is 7.49. The van der Waals surface area contributed by atoms with Gasteiger partial charge < -0.3 is 15.1 Å². The maximum Gasteiger partial charge on any atom is 0.245 e. The molecule has 2 unspecified atom stereocenters.